The molecule has 31 heavy (non-hydrogen) atoms. The minimum absolute atomic E-state index is 0.177. The van der Waals surface area contributed by atoms with Crippen molar-refractivity contribution < 1.29 is 26.8 Å². The van der Waals surface area contributed by atoms with Crippen LogP contribution in [0.5, 0.6) is 0 Å². The lowest BCUT2D eigenvalue weighted by molar-refractivity contribution is -0.115. The van der Waals surface area contributed by atoms with Gasteiger partial charge in [0.25, 0.3) is 5.91 Å². The highest BCUT2D eigenvalue weighted by Gasteiger charge is 2.30. The zero-order valence-corrected chi connectivity index (χ0v) is 17.1. The van der Waals surface area contributed by atoms with Gasteiger partial charge in [-0.3, -0.25) is 9.59 Å². The van der Waals surface area contributed by atoms with Gasteiger partial charge < -0.3 is 10.6 Å². The highest BCUT2D eigenvalue weighted by molar-refractivity contribution is 7.92. The lowest BCUT2D eigenvalue weighted by atomic mass is 10.1. The zero-order valence-electron chi connectivity index (χ0n) is 16.3. The average Bonchev–Trinajstić information content (AvgIpc) is 2.73. The third kappa shape index (κ3) is 5.32. The van der Waals surface area contributed by atoms with Crippen molar-refractivity contribution in [1.29, 1.82) is 0 Å². The number of amides is 2. The maximum absolute atomic E-state index is 13.3. The zero-order chi connectivity index (χ0) is 22.6. The Kier molecular flexibility index (Phi) is 6.45. The molecule has 0 aliphatic carbocycles. The summed E-state index contributed by atoms with van der Waals surface area (Å²) in [5.74, 6) is -2.44. The molecule has 1 atom stereocenters. The number of sulfone groups is 1. The van der Waals surface area contributed by atoms with Gasteiger partial charge >= 0.3 is 0 Å². The lowest BCUT2D eigenvalue weighted by Gasteiger charge is -2.14. The predicted molar refractivity (Wildman–Crippen MR) is 112 cm³/mol. The molecule has 3 aromatic rings. The minimum Gasteiger partial charge on any atom is -0.325 e. The number of hydrogen-bond donors (Lipinski definition) is 2. The van der Waals surface area contributed by atoms with Gasteiger partial charge in [-0.1, -0.05) is 12.1 Å². The normalized spacial score (nSPS) is 12.1. The molecule has 3 aromatic carbocycles. The third-order valence-corrected chi connectivity index (χ3v) is 6.53. The summed E-state index contributed by atoms with van der Waals surface area (Å²) in [6, 6.07) is 15.4. The lowest BCUT2D eigenvalue weighted by Crippen LogP contribution is -2.32. The van der Waals surface area contributed by atoms with Gasteiger partial charge in [-0.2, -0.15) is 0 Å². The number of halogens is 2. The van der Waals surface area contributed by atoms with E-state index in [2.05, 4.69) is 10.6 Å². The van der Waals surface area contributed by atoms with Crippen LogP contribution in [0.4, 0.5) is 20.2 Å². The first-order valence-corrected chi connectivity index (χ1v) is 10.7. The van der Waals surface area contributed by atoms with Crippen LogP contribution in [0.15, 0.2) is 77.7 Å². The van der Waals surface area contributed by atoms with Gasteiger partial charge in [0.05, 0.1) is 4.90 Å². The Bertz CT molecular complexity index is 1230. The van der Waals surface area contributed by atoms with E-state index < -0.39 is 38.5 Å². The molecule has 2 amide bonds. The number of carbonyl (C=O) groups is 2. The molecule has 0 aliphatic rings. The van der Waals surface area contributed by atoms with E-state index in [0.29, 0.717) is 0 Å². The maximum atomic E-state index is 13.3. The van der Waals surface area contributed by atoms with Crippen molar-refractivity contribution in [3.63, 3.8) is 0 Å². The van der Waals surface area contributed by atoms with Crippen LogP contribution in [0, 0.1) is 11.6 Å². The number of nitrogens with one attached hydrogen (secondary N) is 2. The van der Waals surface area contributed by atoms with E-state index >= 15 is 0 Å². The van der Waals surface area contributed by atoms with Gasteiger partial charge in [0.15, 0.2) is 9.84 Å². The van der Waals surface area contributed by atoms with Gasteiger partial charge in [-0.15, -0.1) is 0 Å². The molecule has 2 N–H and O–H groups in total. The summed E-state index contributed by atoms with van der Waals surface area (Å²) in [5, 5.41) is 3.54. The van der Waals surface area contributed by atoms with Gasteiger partial charge in [-0.05, 0) is 67.6 Å². The Hall–Kier alpha value is -3.59. The van der Waals surface area contributed by atoms with E-state index in [1.807, 2.05) is 0 Å². The van der Waals surface area contributed by atoms with Crippen molar-refractivity contribution in [2.75, 3.05) is 10.6 Å². The Balaban J connectivity index is 1.73. The number of benzene rings is 3. The molecule has 1 unspecified atom stereocenters. The molecule has 0 bridgehead atoms. The second-order valence-corrected chi connectivity index (χ2v) is 8.94. The first kappa shape index (κ1) is 22.1. The second kappa shape index (κ2) is 9.05. The highest BCUT2D eigenvalue weighted by atomic mass is 32.2. The number of carbonyl (C=O) groups excluding carboxylic acids is 2. The van der Waals surface area contributed by atoms with Crippen molar-refractivity contribution in [2.45, 2.75) is 17.1 Å². The second-order valence-electron chi connectivity index (χ2n) is 6.68. The minimum atomic E-state index is -4.04. The maximum Gasteiger partial charge on any atom is 0.255 e. The molecule has 160 valence electrons. The number of hydrogen-bond acceptors (Lipinski definition) is 4. The molecule has 0 spiro atoms. The van der Waals surface area contributed by atoms with Crippen molar-refractivity contribution in [1.82, 2.24) is 0 Å². The van der Waals surface area contributed by atoms with Gasteiger partial charge in [0, 0.05) is 16.9 Å². The van der Waals surface area contributed by atoms with E-state index in [1.165, 1.54) is 49.4 Å². The molecule has 0 fully saturated rings. The molecule has 0 saturated heterocycles. The summed E-state index contributed by atoms with van der Waals surface area (Å²) in [5.41, 5.74) is 0.646. The summed E-state index contributed by atoms with van der Waals surface area (Å²) in [6.45, 7) is 1.22. The van der Waals surface area contributed by atoms with Gasteiger partial charge in [-0.25, -0.2) is 17.2 Å². The molecule has 0 saturated carbocycles. The topological polar surface area (TPSA) is 92.3 Å². The van der Waals surface area contributed by atoms with Gasteiger partial charge in [0.2, 0.25) is 5.91 Å². The molecule has 0 aromatic heterocycles. The Labute approximate surface area is 177 Å². The van der Waals surface area contributed by atoms with E-state index in [4.69, 9.17) is 0 Å². The fraction of sp³-hybridized carbons (Fsp3) is 0.0909. The molecule has 3 rings (SSSR count). The van der Waals surface area contributed by atoms with Crippen LogP contribution in [-0.2, 0) is 14.6 Å². The molecule has 0 radical (unpaired) electrons. The van der Waals surface area contributed by atoms with Crippen molar-refractivity contribution in [2.24, 2.45) is 0 Å². The summed E-state index contributed by atoms with van der Waals surface area (Å²) in [6.07, 6.45) is 0. The standard InChI is InChI=1S/C22H18F2N2O4S/c1-14(31(29,30)20-10-8-16(23)9-11-20)21(27)25-18-6-2-4-15(12-18)22(28)26-19-7-3-5-17(24)13-19/h2-14H,1H3,(H,25,27)(H,26,28). The first-order chi connectivity index (χ1) is 14.7. The largest absolute Gasteiger partial charge is 0.325 e. The van der Waals surface area contributed by atoms with E-state index in [-0.39, 0.29) is 21.8 Å². The van der Waals surface area contributed by atoms with Crippen LogP contribution in [0.1, 0.15) is 17.3 Å². The van der Waals surface area contributed by atoms with Crippen LogP contribution < -0.4 is 10.6 Å². The number of anilines is 2. The fourth-order valence-electron chi connectivity index (χ4n) is 2.72. The smallest absolute Gasteiger partial charge is 0.255 e. The first-order valence-electron chi connectivity index (χ1n) is 9.14. The predicted octanol–water partition coefficient (Wildman–Crippen LogP) is 4.02. The Morgan fingerprint density at radius 2 is 1.42 bits per heavy atom. The Morgan fingerprint density at radius 3 is 2.06 bits per heavy atom. The highest BCUT2D eigenvalue weighted by Crippen LogP contribution is 2.19. The van der Waals surface area contributed by atoms with Crippen LogP contribution in [0.3, 0.4) is 0 Å². The third-order valence-electron chi connectivity index (χ3n) is 4.45. The number of rotatable bonds is 6. The van der Waals surface area contributed by atoms with Crippen molar-refractivity contribution in [3.8, 4) is 0 Å². The average molecular weight is 444 g/mol. The molecule has 0 heterocycles. The summed E-state index contributed by atoms with van der Waals surface area (Å²) < 4.78 is 51.5. The monoisotopic (exact) mass is 444 g/mol. The summed E-state index contributed by atoms with van der Waals surface area (Å²) in [4.78, 5) is 24.7. The SMILES string of the molecule is CC(C(=O)Nc1cccc(C(=O)Nc2cccc(F)c2)c1)S(=O)(=O)c1ccc(F)cc1. The molecular formula is C22H18F2N2O4S. The molecule has 9 heteroatoms. The summed E-state index contributed by atoms with van der Waals surface area (Å²) in [7, 11) is -4.04. The molecule has 0 aliphatic heterocycles. The Morgan fingerprint density at radius 1 is 0.806 bits per heavy atom. The van der Waals surface area contributed by atoms with Crippen molar-refractivity contribution in [3.05, 3.63) is 90.0 Å². The molecule has 6 nitrogen and oxygen atoms in total. The van der Waals surface area contributed by atoms with Crippen molar-refractivity contribution >= 4 is 33.0 Å². The van der Waals surface area contributed by atoms with Crippen LogP contribution in [-0.4, -0.2) is 25.5 Å². The van der Waals surface area contributed by atoms with Gasteiger partial charge in [0.1, 0.15) is 16.9 Å². The quantitative estimate of drug-likeness (QED) is 0.562. The van der Waals surface area contributed by atoms with E-state index in [9.17, 15) is 26.8 Å². The van der Waals surface area contributed by atoms with Crippen LogP contribution in [0.2, 0.25) is 0 Å². The fourth-order valence-corrected chi connectivity index (χ4v) is 3.99. The van der Waals surface area contributed by atoms with Crippen LogP contribution in [0.25, 0.3) is 0 Å². The molecular weight excluding hydrogens is 426 g/mol. The summed E-state index contributed by atoms with van der Waals surface area (Å²) >= 11 is 0. The van der Waals surface area contributed by atoms with E-state index in [1.54, 1.807) is 0 Å². The van der Waals surface area contributed by atoms with Crippen LogP contribution >= 0.6 is 0 Å². The van der Waals surface area contributed by atoms with E-state index in [0.717, 1.165) is 30.3 Å².